The maximum Gasteiger partial charge on any atom is 0.228 e. The van der Waals surface area contributed by atoms with E-state index in [0.29, 0.717) is 39.5 Å². The average Bonchev–Trinajstić information content (AvgIpc) is 3.42. The second-order valence-electron chi connectivity index (χ2n) is 7.99. The number of carbonyl (C=O) groups is 1. The van der Waals surface area contributed by atoms with Crippen LogP contribution in [0.5, 0.6) is 0 Å². The molecule has 3 heterocycles. The summed E-state index contributed by atoms with van der Waals surface area (Å²) in [5.74, 6) is 1.41. The summed E-state index contributed by atoms with van der Waals surface area (Å²) in [6.45, 7) is 5.88. The first-order valence-corrected chi connectivity index (χ1v) is 10.6. The second kappa shape index (κ2) is 7.70. The Morgan fingerprint density at radius 1 is 1.41 bits per heavy atom. The number of nitrogens with one attached hydrogen (secondary N) is 3. The maximum atomic E-state index is 11.7. The largest absolute Gasteiger partial charge is 0.367 e. The van der Waals surface area contributed by atoms with Crippen molar-refractivity contribution in [2.45, 2.75) is 32.2 Å². The van der Waals surface area contributed by atoms with Gasteiger partial charge in [0.05, 0.1) is 35.0 Å². The highest BCUT2D eigenvalue weighted by Gasteiger charge is 2.26. The van der Waals surface area contributed by atoms with E-state index in [-0.39, 0.29) is 12.3 Å². The van der Waals surface area contributed by atoms with Crippen LogP contribution in [0, 0.1) is 18.3 Å². The summed E-state index contributed by atoms with van der Waals surface area (Å²) in [6, 6.07) is 7.58. The van der Waals surface area contributed by atoms with E-state index in [1.165, 1.54) is 0 Å². The molecule has 0 radical (unpaired) electrons. The van der Waals surface area contributed by atoms with Gasteiger partial charge in [-0.1, -0.05) is 18.2 Å². The number of fused-ring (bicyclic) bond motifs is 1. The van der Waals surface area contributed by atoms with Crippen LogP contribution in [0.1, 0.15) is 36.0 Å². The summed E-state index contributed by atoms with van der Waals surface area (Å²) in [4.78, 5) is 16.6. The van der Waals surface area contributed by atoms with Crippen LogP contribution in [-0.2, 0) is 4.79 Å². The van der Waals surface area contributed by atoms with Gasteiger partial charge in [0, 0.05) is 22.9 Å². The van der Waals surface area contributed by atoms with Crippen molar-refractivity contribution in [2.24, 2.45) is 0 Å². The molecular formula is C23H20ClN7O. The van der Waals surface area contributed by atoms with Crippen LogP contribution in [-0.4, -0.2) is 26.5 Å². The van der Waals surface area contributed by atoms with Crippen molar-refractivity contribution < 1.29 is 4.79 Å². The fraction of sp³-hybridized carbons (Fsp3) is 0.217. The van der Waals surface area contributed by atoms with Crippen molar-refractivity contribution >= 4 is 46.6 Å². The zero-order valence-corrected chi connectivity index (χ0v) is 18.1. The fourth-order valence-electron chi connectivity index (χ4n) is 3.62. The third kappa shape index (κ3) is 3.67. The van der Waals surface area contributed by atoms with Crippen molar-refractivity contribution in [3.05, 3.63) is 64.0 Å². The minimum Gasteiger partial charge on any atom is -0.367 e. The highest BCUT2D eigenvalue weighted by molar-refractivity contribution is 6.33. The van der Waals surface area contributed by atoms with E-state index >= 15 is 0 Å². The summed E-state index contributed by atoms with van der Waals surface area (Å²) in [7, 11) is 0. The Morgan fingerprint density at radius 2 is 2.22 bits per heavy atom. The van der Waals surface area contributed by atoms with E-state index in [9.17, 15) is 4.79 Å². The van der Waals surface area contributed by atoms with Gasteiger partial charge in [0.1, 0.15) is 11.6 Å². The number of benzene rings is 1. The van der Waals surface area contributed by atoms with Crippen LogP contribution >= 0.6 is 11.6 Å². The minimum atomic E-state index is -0.0737. The highest BCUT2D eigenvalue weighted by Crippen LogP contribution is 2.34. The summed E-state index contributed by atoms with van der Waals surface area (Å²) < 4.78 is 1.79. The van der Waals surface area contributed by atoms with Gasteiger partial charge in [-0.25, -0.2) is 4.98 Å². The van der Waals surface area contributed by atoms with Crippen LogP contribution in [0.4, 0.5) is 17.3 Å². The van der Waals surface area contributed by atoms with E-state index in [1.54, 1.807) is 28.9 Å². The molecule has 1 aliphatic heterocycles. The quantitative estimate of drug-likeness (QED) is 0.540. The topological polar surface area (TPSA) is 107 Å². The molecule has 2 fully saturated rings. The molecular weight excluding hydrogens is 426 g/mol. The Labute approximate surface area is 189 Å². The monoisotopic (exact) mass is 445 g/mol. The average molecular weight is 446 g/mol. The number of allylic oxidation sites excluding steroid dienone is 1. The number of nitrogens with zero attached hydrogens (tertiary/aromatic N) is 4. The van der Waals surface area contributed by atoms with Crippen molar-refractivity contribution in [1.29, 1.82) is 5.26 Å². The van der Waals surface area contributed by atoms with E-state index in [0.717, 1.165) is 35.4 Å². The molecule has 8 nitrogen and oxygen atoms in total. The number of halogens is 1. The summed E-state index contributed by atoms with van der Waals surface area (Å²) in [6.07, 6.45) is 6.13. The van der Waals surface area contributed by atoms with Crippen molar-refractivity contribution in [3.8, 4) is 6.07 Å². The molecule has 160 valence electrons. The predicted octanol–water partition coefficient (Wildman–Crippen LogP) is 4.30. The van der Waals surface area contributed by atoms with Gasteiger partial charge >= 0.3 is 0 Å². The van der Waals surface area contributed by atoms with Gasteiger partial charge in [-0.2, -0.15) is 14.9 Å². The highest BCUT2D eigenvalue weighted by atomic mass is 35.5. The normalized spacial score (nSPS) is 17.0. The molecule has 0 unspecified atom stereocenters. The number of hydrogen-bond acceptors (Lipinski definition) is 6. The lowest BCUT2D eigenvalue weighted by molar-refractivity contribution is -0.118. The maximum absolute atomic E-state index is 11.7. The lowest BCUT2D eigenvalue weighted by Gasteiger charge is -2.16. The summed E-state index contributed by atoms with van der Waals surface area (Å²) >= 11 is 6.38. The number of rotatable bonds is 5. The number of aromatic nitrogens is 3. The Bertz CT molecular complexity index is 1360. The lowest BCUT2D eigenvalue weighted by Crippen LogP contribution is -2.12. The van der Waals surface area contributed by atoms with Crippen LogP contribution in [0.15, 0.2) is 42.2 Å². The van der Waals surface area contributed by atoms with Gasteiger partial charge in [0.2, 0.25) is 5.91 Å². The number of amides is 1. The Kier molecular flexibility index (Phi) is 4.83. The van der Waals surface area contributed by atoms with Gasteiger partial charge in [-0.3, -0.25) is 4.79 Å². The molecule has 0 spiro atoms. The van der Waals surface area contributed by atoms with Gasteiger partial charge in [0.15, 0.2) is 5.65 Å². The molecule has 1 aliphatic carbocycles. The zero-order valence-electron chi connectivity index (χ0n) is 17.4. The molecule has 3 N–H and O–H groups in total. The fourth-order valence-corrected chi connectivity index (χ4v) is 3.84. The Balaban J connectivity index is 1.62. The third-order valence-electron chi connectivity index (χ3n) is 5.54. The third-order valence-corrected chi connectivity index (χ3v) is 5.85. The number of nitriles is 1. The van der Waals surface area contributed by atoms with Crippen LogP contribution < -0.4 is 16.0 Å². The smallest absolute Gasteiger partial charge is 0.228 e. The van der Waals surface area contributed by atoms with Crippen LogP contribution in [0.25, 0.3) is 11.7 Å². The molecule has 1 amide bonds. The predicted molar refractivity (Wildman–Crippen MR) is 124 cm³/mol. The van der Waals surface area contributed by atoms with Crippen molar-refractivity contribution in [3.63, 3.8) is 0 Å². The van der Waals surface area contributed by atoms with E-state index in [4.69, 9.17) is 21.8 Å². The first-order chi connectivity index (χ1) is 15.4. The molecule has 2 aliphatic rings. The molecule has 0 atom stereocenters. The molecule has 32 heavy (non-hydrogen) atoms. The van der Waals surface area contributed by atoms with Crippen LogP contribution in [0.2, 0.25) is 5.02 Å². The lowest BCUT2D eigenvalue weighted by atomic mass is 10.1. The van der Waals surface area contributed by atoms with Crippen molar-refractivity contribution in [1.82, 2.24) is 19.9 Å². The second-order valence-corrected chi connectivity index (χ2v) is 8.40. The van der Waals surface area contributed by atoms with Crippen molar-refractivity contribution in [2.75, 3.05) is 10.6 Å². The number of anilines is 3. The SMILES string of the molecule is C=C1NC(=O)C/C1=C\c1cnn2c(NC3CC3)c(C)c(Nc3ccc(C#N)cc3Cl)nc12. The minimum absolute atomic E-state index is 0.0737. The molecule has 2 aromatic heterocycles. The first kappa shape index (κ1) is 20.1. The van der Waals surface area contributed by atoms with Crippen LogP contribution in [0.3, 0.4) is 0 Å². The van der Waals surface area contributed by atoms with Gasteiger partial charge in [-0.05, 0) is 49.6 Å². The molecule has 3 aromatic rings. The van der Waals surface area contributed by atoms with E-state index in [2.05, 4.69) is 33.7 Å². The molecule has 0 bridgehead atoms. The van der Waals surface area contributed by atoms with Gasteiger partial charge in [0.25, 0.3) is 0 Å². The van der Waals surface area contributed by atoms with E-state index in [1.807, 2.05) is 13.0 Å². The molecule has 1 saturated carbocycles. The number of hydrogen-bond donors (Lipinski definition) is 3. The summed E-state index contributed by atoms with van der Waals surface area (Å²) in [5, 5.41) is 23.7. The summed E-state index contributed by atoms with van der Waals surface area (Å²) in [5.41, 5.74) is 4.88. The van der Waals surface area contributed by atoms with Gasteiger partial charge in [-0.15, -0.1) is 0 Å². The van der Waals surface area contributed by atoms with Gasteiger partial charge < -0.3 is 16.0 Å². The standard InChI is InChI=1S/C23H20ClN7O/c1-12-21(29-19-6-3-14(10-25)7-18(19)24)30-23-16(8-15-9-20(32)27-13(15)2)11-26-31(23)22(12)28-17-4-5-17/h3,6-8,11,17,28H,2,4-5,9H2,1H3,(H,27,32)(H,29,30)/b15-8+. The molecule has 5 rings (SSSR count). The molecule has 1 aromatic carbocycles. The molecule has 9 heteroatoms. The first-order valence-electron chi connectivity index (χ1n) is 10.2. The number of carbonyl (C=O) groups excluding carboxylic acids is 1. The Hall–Kier alpha value is -3.83. The van der Waals surface area contributed by atoms with E-state index < -0.39 is 0 Å². The zero-order chi connectivity index (χ0) is 22.4. The Morgan fingerprint density at radius 3 is 2.88 bits per heavy atom. The molecule has 1 saturated heterocycles.